The molecule has 0 fully saturated rings. The van der Waals surface area contributed by atoms with Gasteiger partial charge in [0.1, 0.15) is 0 Å². The lowest BCUT2D eigenvalue weighted by Gasteiger charge is -2.22. The maximum atomic E-state index is 12.5. The zero-order valence-corrected chi connectivity index (χ0v) is 45.1. The molecule has 0 saturated carbocycles. The summed E-state index contributed by atoms with van der Waals surface area (Å²) in [6, 6.07) is -0.548. The molecule has 2 atom stereocenters. The Bertz CT molecular complexity index is 1040. The van der Waals surface area contributed by atoms with E-state index in [9.17, 15) is 19.8 Å². The predicted molar refractivity (Wildman–Crippen MR) is 292 cm³/mol. The van der Waals surface area contributed by atoms with E-state index >= 15 is 0 Å². The second-order valence-electron chi connectivity index (χ2n) is 20.7. The Morgan fingerprint density at radius 2 is 0.701 bits per heavy atom. The molecule has 0 aromatic carbocycles. The standard InChI is InChI=1S/C61H117NO5/c1-3-5-7-9-11-13-15-17-18-19-24-27-30-33-37-41-45-49-53-59(64)58(57-63)62-60(65)54-50-46-42-38-34-31-28-25-22-20-21-23-26-29-32-36-40-44-48-52-56-67-61(66)55-51-47-43-39-35-16-14-12-10-8-6-4-2/h12,14,20,22,58-59,63-64H,3-11,13,15-19,21,23-57H2,1-2H3,(H,62,65)/b14-12-,22-20-. The van der Waals surface area contributed by atoms with Crippen molar-refractivity contribution in [1.82, 2.24) is 5.32 Å². The first-order valence-electron chi connectivity index (χ1n) is 30.1. The van der Waals surface area contributed by atoms with Crippen molar-refractivity contribution >= 4 is 11.9 Å². The predicted octanol–water partition coefficient (Wildman–Crippen LogP) is 18.6. The van der Waals surface area contributed by atoms with Crippen LogP contribution in [0.15, 0.2) is 24.3 Å². The van der Waals surface area contributed by atoms with Crippen LogP contribution in [0.4, 0.5) is 0 Å². The van der Waals surface area contributed by atoms with E-state index in [2.05, 4.69) is 43.5 Å². The van der Waals surface area contributed by atoms with Crippen LogP contribution in [-0.4, -0.2) is 47.4 Å². The first-order chi connectivity index (χ1) is 33.0. The average Bonchev–Trinajstić information content (AvgIpc) is 3.33. The van der Waals surface area contributed by atoms with Crippen molar-refractivity contribution in [2.45, 2.75) is 341 Å². The lowest BCUT2D eigenvalue weighted by atomic mass is 10.0. The SMILES string of the molecule is CCCCC/C=C\CCCCCCCC(=O)OCCCCCCCCCCC/C=C\CCCCCCCCCC(=O)NC(CO)C(O)CCCCCCCCCCCCCCCCCCCC. The minimum absolute atomic E-state index is 0.00355. The summed E-state index contributed by atoms with van der Waals surface area (Å²) in [5.74, 6) is -0.0449. The summed E-state index contributed by atoms with van der Waals surface area (Å²) in [6.07, 6.45) is 68.9. The molecule has 0 aliphatic rings. The molecule has 0 bridgehead atoms. The van der Waals surface area contributed by atoms with Gasteiger partial charge in [0, 0.05) is 12.8 Å². The molecule has 1 amide bonds. The third kappa shape index (κ3) is 53.5. The molecule has 0 rings (SSSR count). The monoisotopic (exact) mass is 944 g/mol. The van der Waals surface area contributed by atoms with Gasteiger partial charge in [0.2, 0.25) is 5.91 Å². The van der Waals surface area contributed by atoms with Crippen LogP contribution in [0, 0.1) is 0 Å². The topological polar surface area (TPSA) is 95.9 Å². The van der Waals surface area contributed by atoms with Crippen LogP contribution in [0.1, 0.15) is 328 Å². The zero-order valence-electron chi connectivity index (χ0n) is 45.1. The molecule has 6 nitrogen and oxygen atoms in total. The number of ether oxygens (including phenoxy) is 1. The number of hydrogen-bond acceptors (Lipinski definition) is 5. The van der Waals surface area contributed by atoms with Crippen molar-refractivity contribution in [3.8, 4) is 0 Å². The highest BCUT2D eigenvalue weighted by molar-refractivity contribution is 5.76. The van der Waals surface area contributed by atoms with Crippen LogP contribution in [0.2, 0.25) is 0 Å². The van der Waals surface area contributed by atoms with Gasteiger partial charge in [-0.3, -0.25) is 9.59 Å². The largest absolute Gasteiger partial charge is 0.466 e. The Hall–Kier alpha value is -1.66. The van der Waals surface area contributed by atoms with E-state index in [4.69, 9.17) is 4.74 Å². The van der Waals surface area contributed by atoms with E-state index in [0.29, 0.717) is 25.9 Å². The number of carbonyl (C=O) groups excluding carboxylic acids is 2. The van der Waals surface area contributed by atoms with Crippen LogP contribution in [0.25, 0.3) is 0 Å². The summed E-state index contributed by atoms with van der Waals surface area (Å²) in [5, 5.41) is 23.3. The molecule has 2 unspecified atom stereocenters. The fourth-order valence-corrected chi connectivity index (χ4v) is 9.34. The third-order valence-electron chi connectivity index (χ3n) is 14.0. The molecule has 67 heavy (non-hydrogen) atoms. The highest BCUT2D eigenvalue weighted by Crippen LogP contribution is 2.17. The Morgan fingerprint density at radius 3 is 1.09 bits per heavy atom. The van der Waals surface area contributed by atoms with Gasteiger partial charge in [-0.1, -0.05) is 263 Å². The van der Waals surface area contributed by atoms with Gasteiger partial charge in [0.05, 0.1) is 25.4 Å². The highest BCUT2D eigenvalue weighted by Gasteiger charge is 2.20. The molecule has 6 heteroatoms. The van der Waals surface area contributed by atoms with Gasteiger partial charge >= 0.3 is 5.97 Å². The first-order valence-corrected chi connectivity index (χ1v) is 30.1. The van der Waals surface area contributed by atoms with Crippen LogP contribution in [-0.2, 0) is 14.3 Å². The van der Waals surface area contributed by atoms with Gasteiger partial charge in [-0.25, -0.2) is 0 Å². The Balaban J connectivity index is 3.44. The summed E-state index contributed by atoms with van der Waals surface area (Å²) < 4.78 is 5.46. The normalized spacial score (nSPS) is 12.7. The zero-order chi connectivity index (χ0) is 48.6. The smallest absolute Gasteiger partial charge is 0.305 e. The van der Waals surface area contributed by atoms with Crippen LogP contribution < -0.4 is 5.32 Å². The fraction of sp³-hybridized carbons (Fsp3) is 0.902. The summed E-state index contributed by atoms with van der Waals surface area (Å²) >= 11 is 0. The summed E-state index contributed by atoms with van der Waals surface area (Å²) in [6.45, 7) is 4.93. The van der Waals surface area contributed by atoms with Gasteiger partial charge in [0.15, 0.2) is 0 Å². The second-order valence-corrected chi connectivity index (χ2v) is 20.7. The van der Waals surface area contributed by atoms with Crippen LogP contribution in [0.5, 0.6) is 0 Å². The van der Waals surface area contributed by atoms with E-state index < -0.39 is 12.1 Å². The van der Waals surface area contributed by atoms with Gasteiger partial charge in [0.25, 0.3) is 0 Å². The molecule has 0 aromatic rings. The minimum Gasteiger partial charge on any atom is -0.466 e. The van der Waals surface area contributed by atoms with Gasteiger partial charge in [-0.2, -0.15) is 0 Å². The number of allylic oxidation sites excluding steroid dienone is 4. The lowest BCUT2D eigenvalue weighted by molar-refractivity contribution is -0.143. The minimum atomic E-state index is -0.670. The molecule has 0 aliphatic heterocycles. The Labute approximate surface area is 418 Å². The van der Waals surface area contributed by atoms with E-state index in [1.807, 2.05) is 0 Å². The molecule has 0 radical (unpaired) electrons. The summed E-state index contributed by atoms with van der Waals surface area (Å²) in [7, 11) is 0. The van der Waals surface area contributed by atoms with Crippen LogP contribution in [0.3, 0.4) is 0 Å². The summed E-state index contributed by atoms with van der Waals surface area (Å²) in [4.78, 5) is 24.5. The Morgan fingerprint density at radius 1 is 0.403 bits per heavy atom. The lowest BCUT2D eigenvalue weighted by Crippen LogP contribution is -2.45. The Kier molecular flexibility index (Phi) is 55.5. The molecule has 0 spiro atoms. The summed E-state index contributed by atoms with van der Waals surface area (Å²) in [5.41, 5.74) is 0. The number of nitrogens with one attached hydrogen (secondary N) is 1. The quantitative estimate of drug-likeness (QED) is 0.0321. The van der Waals surface area contributed by atoms with Crippen molar-refractivity contribution in [3.05, 3.63) is 24.3 Å². The molecular formula is C61H117NO5. The van der Waals surface area contributed by atoms with Gasteiger partial charge < -0.3 is 20.3 Å². The average molecular weight is 945 g/mol. The molecule has 0 aromatic heterocycles. The van der Waals surface area contributed by atoms with E-state index in [1.54, 1.807) is 0 Å². The number of esters is 1. The first kappa shape index (κ1) is 65.3. The molecular weight excluding hydrogens is 827 g/mol. The van der Waals surface area contributed by atoms with Crippen LogP contribution >= 0.6 is 0 Å². The fourth-order valence-electron chi connectivity index (χ4n) is 9.34. The van der Waals surface area contributed by atoms with E-state index in [0.717, 1.165) is 44.9 Å². The van der Waals surface area contributed by atoms with E-state index in [-0.39, 0.29) is 18.5 Å². The maximum Gasteiger partial charge on any atom is 0.305 e. The van der Waals surface area contributed by atoms with Crippen molar-refractivity contribution < 1.29 is 24.5 Å². The molecule has 0 aliphatic carbocycles. The van der Waals surface area contributed by atoms with Crippen molar-refractivity contribution in [2.75, 3.05) is 13.2 Å². The second kappa shape index (κ2) is 56.9. The molecule has 0 heterocycles. The number of rotatable bonds is 56. The van der Waals surface area contributed by atoms with Gasteiger partial charge in [-0.15, -0.1) is 0 Å². The molecule has 0 saturated heterocycles. The number of aliphatic hydroxyl groups is 2. The number of aliphatic hydroxyl groups excluding tert-OH is 2. The van der Waals surface area contributed by atoms with E-state index in [1.165, 1.54) is 250 Å². The third-order valence-corrected chi connectivity index (χ3v) is 14.0. The number of amides is 1. The van der Waals surface area contributed by atoms with Crippen molar-refractivity contribution in [3.63, 3.8) is 0 Å². The number of carbonyl (C=O) groups is 2. The maximum absolute atomic E-state index is 12.5. The van der Waals surface area contributed by atoms with Gasteiger partial charge in [-0.05, 0) is 77.0 Å². The van der Waals surface area contributed by atoms with Crippen molar-refractivity contribution in [1.29, 1.82) is 0 Å². The molecule has 396 valence electrons. The number of hydrogen-bond donors (Lipinski definition) is 3. The van der Waals surface area contributed by atoms with Crippen molar-refractivity contribution in [2.24, 2.45) is 0 Å². The highest BCUT2D eigenvalue weighted by atomic mass is 16.5. The number of unbranched alkanes of at least 4 members (excludes halogenated alkanes) is 41. The molecule has 3 N–H and O–H groups in total.